The third-order valence-electron chi connectivity index (χ3n) is 4.64. The lowest BCUT2D eigenvalue weighted by atomic mass is 9.95. The van der Waals surface area contributed by atoms with Gasteiger partial charge in [-0.25, -0.2) is 4.79 Å². The Morgan fingerprint density at radius 1 is 1.07 bits per heavy atom. The zero-order valence-electron chi connectivity index (χ0n) is 14.3. The maximum Gasteiger partial charge on any atom is 0.335 e. The molecule has 138 valence electrons. The Morgan fingerprint density at radius 2 is 1.81 bits per heavy atom. The smallest absolute Gasteiger partial charge is 0.335 e. The van der Waals surface area contributed by atoms with E-state index in [9.17, 15) is 9.59 Å². The van der Waals surface area contributed by atoms with Gasteiger partial charge in [-0.05, 0) is 59.7 Å². The highest BCUT2D eigenvalue weighted by molar-refractivity contribution is 5.94. The number of carboxylic acid groups (broad SMARTS) is 1. The summed E-state index contributed by atoms with van der Waals surface area (Å²) in [7, 11) is 0. The largest absolute Gasteiger partial charge is 0.478 e. The van der Waals surface area contributed by atoms with Crippen molar-refractivity contribution in [2.75, 3.05) is 23.3 Å². The van der Waals surface area contributed by atoms with Gasteiger partial charge in [0.25, 0.3) is 0 Å². The number of hydrogen-bond acceptors (Lipinski definition) is 7. The van der Waals surface area contributed by atoms with E-state index in [0.29, 0.717) is 37.3 Å². The molecule has 0 spiro atoms. The minimum absolute atomic E-state index is 0.0541. The Labute approximate surface area is 153 Å². The number of carbonyl (C=O) groups excluding carboxylic acids is 1. The lowest BCUT2D eigenvalue weighted by molar-refractivity contribution is -0.120. The molecule has 0 radical (unpaired) electrons. The van der Waals surface area contributed by atoms with E-state index >= 15 is 0 Å². The maximum atomic E-state index is 12.5. The number of nitrogens with zero attached hydrogens (tertiary/aromatic N) is 6. The summed E-state index contributed by atoms with van der Waals surface area (Å²) in [6.07, 6.45) is 1.41. The second-order valence-electron chi connectivity index (χ2n) is 6.35. The fourth-order valence-corrected chi connectivity index (χ4v) is 3.12. The second-order valence-corrected chi connectivity index (χ2v) is 6.35. The van der Waals surface area contributed by atoms with Crippen molar-refractivity contribution >= 4 is 29.0 Å². The number of rotatable bonds is 4. The Morgan fingerprint density at radius 3 is 2.52 bits per heavy atom. The van der Waals surface area contributed by atoms with Gasteiger partial charge in [-0.15, -0.1) is 14.8 Å². The standard InChI is InChI=1S/C17H17N7O3/c25-16(18-13-3-1-12(2-4-13)17(26)27)11-7-9-23(10-8-11)15-6-5-14-19-21-22-24(14)20-15/h1-6,11H,7-10H2,(H,18,25)(H,26,27). The van der Waals surface area contributed by atoms with Gasteiger partial charge >= 0.3 is 5.97 Å². The van der Waals surface area contributed by atoms with E-state index in [1.807, 2.05) is 12.1 Å². The predicted octanol–water partition coefficient (Wildman–Crippen LogP) is 1.07. The Balaban J connectivity index is 1.35. The molecule has 1 saturated heterocycles. The number of anilines is 2. The number of carbonyl (C=O) groups is 2. The predicted molar refractivity (Wildman–Crippen MR) is 95.5 cm³/mol. The van der Waals surface area contributed by atoms with Gasteiger partial charge in [-0.3, -0.25) is 4.79 Å². The number of piperidine rings is 1. The van der Waals surface area contributed by atoms with Crippen molar-refractivity contribution in [3.05, 3.63) is 42.0 Å². The van der Waals surface area contributed by atoms with Gasteiger partial charge in [0.2, 0.25) is 5.91 Å². The normalized spacial score (nSPS) is 15.0. The minimum Gasteiger partial charge on any atom is -0.478 e. The fourth-order valence-electron chi connectivity index (χ4n) is 3.12. The van der Waals surface area contributed by atoms with Gasteiger partial charge < -0.3 is 15.3 Å². The number of aromatic carboxylic acids is 1. The summed E-state index contributed by atoms with van der Waals surface area (Å²) in [5.41, 5.74) is 1.37. The first-order valence-corrected chi connectivity index (χ1v) is 8.55. The number of fused-ring (bicyclic) bond motifs is 1. The van der Waals surface area contributed by atoms with Crippen molar-refractivity contribution in [1.29, 1.82) is 0 Å². The molecule has 10 nitrogen and oxygen atoms in total. The number of benzene rings is 1. The van der Waals surface area contributed by atoms with E-state index in [0.717, 1.165) is 5.82 Å². The zero-order valence-corrected chi connectivity index (χ0v) is 14.3. The summed E-state index contributed by atoms with van der Waals surface area (Å²) < 4.78 is 1.38. The van der Waals surface area contributed by atoms with Crippen molar-refractivity contribution in [2.24, 2.45) is 5.92 Å². The summed E-state index contributed by atoms with van der Waals surface area (Å²) in [4.78, 5) is 25.5. The molecule has 1 amide bonds. The summed E-state index contributed by atoms with van der Waals surface area (Å²) in [5.74, 6) is -0.370. The molecule has 0 unspecified atom stereocenters. The Hall–Kier alpha value is -3.56. The van der Waals surface area contributed by atoms with Crippen LogP contribution in [0.25, 0.3) is 5.65 Å². The molecule has 1 aliphatic rings. The van der Waals surface area contributed by atoms with Crippen molar-refractivity contribution in [2.45, 2.75) is 12.8 Å². The molecule has 0 bridgehead atoms. The Bertz CT molecular complexity index is 978. The van der Waals surface area contributed by atoms with Crippen LogP contribution >= 0.6 is 0 Å². The van der Waals surface area contributed by atoms with Crippen LogP contribution in [0.5, 0.6) is 0 Å². The van der Waals surface area contributed by atoms with Crippen molar-refractivity contribution in [3.63, 3.8) is 0 Å². The average molecular weight is 367 g/mol. The number of tetrazole rings is 1. The summed E-state index contributed by atoms with van der Waals surface area (Å²) in [6.45, 7) is 1.41. The first kappa shape index (κ1) is 16.9. The van der Waals surface area contributed by atoms with Crippen molar-refractivity contribution < 1.29 is 14.7 Å². The lowest BCUT2D eigenvalue weighted by Gasteiger charge is -2.31. The van der Waals surface area contributed by atoms with Crippen molar-refractivity contribution in [1.82, 2.24) is 25.3 Å². The van der Waals surface area contributed by atoms with E-state index in [4.69, 9.17) is 5.11 Å². The van der Waals surface area contributed by atoms with Crippen LogP contribution in [-0.2, 0) is 4.79 Å². The van der Waals surface area contributed by atoms with E-state index in [-0.39, 0.29) is 17.4 Å². The topological polar surface area (TPSA) is 126 Å². The van der Waals surface area contributed by atoms with E-state index < -0.39 is 5.97 Å². The third-order valence-corrected chi connectivity index (χ3v) is 4.64. The molecule has 3 aromatic rings. The molecule has 4 rings (SSSR count). The van der Waals surface area contributed by atoms with Crippen LogP contribution in [0.2, 0.25) is 0 Å². The van der Waals surface area contributed by atoms with Gasteiger partial charge in [0.1, 0.15) is 0 Å². The molecule has 0 aliphatic carbocycles. The second kappa shape index (κ2) is 6.98. The Kier molecular flexibility index (Phi) is 4.37. The molecule has 0 atom stereocenters. The number of hydrogen-bond donors (Lipinski definition) is 2. The zero-order chi connectivity index (χ0) is 18.8. The van der Waals surface area contributed by atoms with Crippen LogP contribution in [-0.4, -0.2) is 55.3 Å². The maximum absolute atomic E-state index is 12.5. The minimum atomic E-state index is -0.992. The molecule has 27 heavy (non-hydrogen) atoms. The van der Waals surface area contributed by atoms with Crippen LogP contribution in [0.15, 0.2) is 36.4 Å². The molecule has 3 heterocycles. The van der Waals surface area contributed by atoms with E-state index in [2.05, 4.69) is 30.8 Å². The monoisotopic (exact) mass is 367 g/mol. The SMILES string of the molecule is O=C(O)c1ccc(NC(=O)C2CCN(c3ccc4nnnn4n3)CC2)cc1. The van der Waals surface area contributed by atoms with Crippen LogP contribution in [0, 0.1) is 5.92 Å². The van der Waals surface area contributed by atoms with Gasteiger partial charge in [-0.2, -0.15) is 0 Å². The highest BCUT2D eigenvalue weighted by atomic mass is 16.4. The highest BCUT2D eigenvalue weighted by Gasteiger charge is 2.26. The summed E-state index contributed by atoms with van der Waals surface area (Å²) in [5, 5.41) is 27.4. The summed E-state index contributed by atoms with van der Waals surface area (Å²) >= 11 is 0. The average Bonchev–Trinajstić information content (AvgIpc) is 3.16. The van der Waals surface area contributed by atoms with Crippen LogP contribution in [0.4, 0.5) is 11.5 Å². The van der Waals surface area contributed by atoms with Gasteiger partial charge in [0.15, 0.2) is 11.5 Å². The highest BCUT2D eigenvalue weighted by Crippen LogP contribution is 2.23. The number of carboxylic acids is 1. The van der Waals surface area contributed by atoms with E-state index in [1.54, 1.807) is 12.1 Å². The van der Waals surface area contributed by atoms with Gasteiger partial charge in [-0.1, -0.05) is 0 Å². The molecule has 10 heteroatoms. The molecular formula is C17H17N7O3. The first-order valence-electron chi connectivity index (χ1n) is 8.55. The number of amides is 1. The molecule has 1 aliphatic heterocycles. The summed E-state index contributed by atoms with van der Waals surface area (Å²) in [6, 6.07) is 9.82. The molecule has 1 fully saturated rings. The molecule has 0 saturated carbocycles. The molecule has 2 aromatic heterocycles. The number of nitrogens with one attached hydrogen (secondary N) is 1. The third kappa shape index (κ3) is 3.54. The first-order chi connectivity index (χ1) is 13.1. The van der Waals surface area contributed by atoms with Crippen LogP contribution < -0.4 is 10.2 Å². The molecule has 1 aromatic carbocycles. The van der Waals surface area contributed by atoms with E-state index in [1.165, 1.54) is 16.8 Å². The van der Waals surface area contributed by atoms with Crippen LogP contribution in [0.1, 0.15) is 23.2 Å². The number of aromatic nitrogens is 5. The quantitative estimate of drug-likeness (QED) is 0.701. The van der Waals surface area contributed by atoms with Crippen LogP contribution in [0.3, 0.4) is 0 Å². The molecule has 2 N–H and O–H groups in total. The van der Waals surface area contributed by atoms with Crippen molar-refractivity contribution in [3.8, 4) is 0 Å². The van der Waals surface area contributed by atoms with Gasteiger partial charge in [0.05, 0.1) is 5.56 Å². The lowest BCUT2D eigenvalue weighted by Crippen LogP contribution is -2.38. The van der Waals surface area contributed by atoms with Gasteiger partial charge in [0, 0.05) is 24.7 Å². The molecular weight excluding hydrogens is 350 g/mol. The fraction of sp³-hybridized carbons (Fsp3) is 0.294.